The second-order valence-corrected chi connectivity index (χ2v) is 12.8. The molecule has 0 aromatic rings. The van der Waals surface area contributed by atoms with E-state index in [1.807, 2.05) is 13.8 Å². The van der Waals surface area contributed by atoms with Gasteiger partial charge in [-0.25, -0.2) is 0 Å². The van der Waals surface area contributed by atoms with E-state index in [0.717, 1.165) is 51.4 Å². The minimum atomic E-state index is -0.692. The van der Waals surface area contributed by atoms with Crippen molar-refractivity contribution in [2.75, 3.05) is 0 Å². The van der Waals surface area contributed by atoms with E-state index in [0.29, 0.717) is 24.2 Å². The Morgan fingerprint density at radius 1 is 0.903 bits per heavy atom. The molecule has 178 valence electrons. The van der Waals surface area contributed by atoms with Crippen LogP contribution in [0.3, 0.4) is 0 Å². The van der Waals surface area contributed by atoms with Gasteiger partial charge >= 0.3 is 0 Å². The first-order chi connectivity index (χ1) is 14.3. The van der Waals surface area contributed by atoms with Crippen molar-refractivity contribution in [3.63, 3.8) is 0 Å². The number of aliphatic hydroxyl groups excluding tert-OH is 1. The molecule has 1 heterocycles. The van der Waals surface area contributed by atoms with Crippen LogP contribution in [-0.4, -0.2) is 38.9 Å². The average Bonchev–Trinajstić information content (AvgIpc) is 2.92. The summed E-state index contributed by atoms with van der Waals surface area (Å²) in [5.74, 6) is 1.51. The predicted molar refractivity (Wildman–Crippen MR) is 123 cm³/mol. The van der Waals surface area contributed by atoms with Gasteiger partial charge in [0.15, 0.2) is 6.29 Å². The minimum Gasteiger partial charge on any atom is -0.390 e. The van der Waals surface area contributed by atoms with Gasteiger partial charge in [-0.3, -0.25) is 0 Å². The molecule has 9 atom stereocenters. The molecular weight excluding hydrogens is 388 g/mol. The normalized spacial score (nSPS) is 52.1. The molecule has 1 saturated heterocycles. The summed E-state index contributed by atoms with van der Waals surface area (Å²) in [4.78, 5) is 0. The lowest BCUT2D eigenvalue weighted by molar-refractivity contribution is -0.258. The lowest BCUT2D eigenvalue weighted by Gasteiger charge is -2.57. The van der Waals surface area contributed by atoms with Crippen LogP contribution in [0.1, 0.15) is 99.3 Å². The molecule has 4 aliphatic rings. The average molecular weight is 435 g/mol. The fraction of sp³-hybridized carbons (Fsp3) is 0.926. The molecule has 31 heavy (non-hydrogen) atoms. The highest BCUT2D eigenvalue weighted by atomic mass is 16.6. The number of fused-ring (bicyclic) bond motifs is 2. The Hall–Kier alpha value is -0.420. The zero-order chi connectivity index (χ0) is 22.8. The Morgan fingerprint density at radius 2 is 1.58 bits per heavy atom. The van der Waals surface area contributed by atoms with Crippen molar-refractivity contribution in [3.05, 3.63) is 11.6 Å². The van der Waals surface area contributed by atoms with Gasteiger partial charge in [0, 0.05) is 0 Å². The fourth-order valence-electron chi connectivity index (χ4n) is 8.56. The maximum absolute atomic E-state index is 11.4. The van der Waals surface area contributed by atoms with Crippen LogP contribution < -0.4 is 0 Å². The molecule has 0 bridgehead atoms. The summed E-state index contributed by atoms with van der Waals surface area (Å²) in [5, 5.41) is 32.5. The van der Waals surface area contributed by atoms with Crippen LogP contribution in [0.2, 0.25) is 0 Å². The van der Waals surface area contributed by atoms with Gasteiger partial charge < -0.3 is 20.1 Å². The molecule has 0 amide bonds. The molecule has 4 nitrogen and oxygen atoms in total. The molecule has 0 radical (unpaired) electrons. The van der Waals surface area contributed by atoms with Crippen LogP contribution in [0.5, 0.6) is 0 Å². The van der Waals surface area contributed by atoms with E-state index in [9.17, 15) is 15.3 Å². The molecule has 4 rings (SSSR count). The Labute approximate surface area is 189 Å². The molecule has 4 heteroatoms. The standard InChI is InChI=1S/C27H46O4/c1-17-7-8-20-19(11-15-26(20,5)29)24(2,3)18(17)9-10-21-25(4)14-13-23(28)31-22(25)12-16-27(21,6)30/h7,18-23,28-30H,8-16H2,1-6H3/t18-,19+,20+,21+,22+,23+,25+,26+,27-/m1/s1. The Balaban J connectivity index is 1.57. The van der Waals surface area contributed by atoms with Crippen molar-refractivity contribution in [2.24, 2.45) is 34.5 Å². The molecule has 0 aromatic carbocycles. The molecule has 0 aromatic heterocycles. The summed E-state index contributed by atoms with van der Waals surface area (Å²) < 4.78 is 5.98. The van der Waals surface area contributed by atoms with Gasteiger partial charge in [0.1, 0.15) is 0 Å². The Kier molecular flexibility index (Phi) is 5.99. The second kappa shape index (κ2) is 7.82. The predicted octanol–water partition coefficient (Wildman–Crippen LogP) is 5.20. The molecule has 2 saturated carbocycles. The summed E-state index contributed by atoms with van der Waals surface area (Å²) in [7, 11) is 0. The Bertz CT molecular complexity index is 708. The lowest BCUT2D eigenvalue weighted by Crippen LogP contribution is -2.58. The van der Waals surface area contributed by atoms with Gasteiger partial charge in [-0.15, -0.1) is 0 Å². The highest BCUT2D eigenvalue weighted by Crippen LogP contribution is 2.59. The van der Waals surface area contributed by atoms with Crippen LogP contribution in [0.15, 0.2) is 11.6 Å². The summed E-state index contributed by atoms with van der Waals surface area (Å²) in [6.07, 6.45) is 9.95. The first-order valence-electron chi connectivity index (χ1n) is 12.7. The quantitative estimate of drug-likeness (QED) is 0.534. The third kappa shape index (κ3) is 3.94. The highest BCUT2D eigenvalue weighted by Gasteiger charge is 2.57. The molecule has 0 unspecified atom stereocenters. The van der Waals surface area contributed by atoms with Crippen molar-refractivity contribution < 1.29 is 20.1 Å². The zero-order valence-corrected chi connectivity index (χ0v) is 20.7. The molecule has 0 spiro atoms. The SMILES string of the molecule is CC1=CC[C@H]2[C@H](CC[C@]2(C)O)C(C)(C)[C@@H]1CC[C@H]1[C@]2(C)CC[C@@H](O)O[C@H]2CC[C@@]1(C)O. The van der Waals surface area contributed by atoms with Gasteiger partial charge in [0.2, 0.25) is 0 Å². The van der Waals surface area contributed by atoms with Crippen LogP contribution >= 0.6 is 0 Å². The van der Waals surface area contributed by atoms with E-state index < -0.39 is 17.5 Å². The number of aliphatic hydroxyl groups is 3. The van der Waals surface area contributed by atoms with E-state index in [2.05, 4.69) is 33.8 Å². The minimum absolute atomic E-state index is 0.0366. The number of hydrogen-bond acceptors (Lipinski definition) is 4. The van der Waals surface area contributed by atoms with Crippen molar-refractivity contribution >= 4 is 0 Å². The number of rotatable bonds is 3. The van der Waals surface area contributed by atoms with Crippen molar-refractivity contribution in [1.29, 1.82) is 0 Å². The second-order valence-electron chi connectivity index (χ2n) is 12.8. The van der Waals surface area contributed by atoms with Crippen LogP contribution in [-0.2, 0) is 4.74 Å². The van der Waals surface area contributed by atoms with Gasteiger partial charge in [-0.2, -0.15) is 0 Å². The summed E-state index contributed by atoms with van der Waals surface area (Å²) in [5.41, 5.74) is 0.252. The van der Waals surface area contributed by atoms with Crippen molar-refractivity contribution in [2.45, 2.75) is 123 Å². The van der Waals surface area contributed by atoms with Crippen molar-refractivity contribution in [1.82, 2.24) is 0 Å². The topological polar surface area (TPSA) is 69.9 Å². The van der Waals surface area contributed by atoms with E-state index in [4.69, 9.17) is 4.74 Å². The fourth-order valence-corrected chi connectivity index (χ4v) is 8.56. The number of ether oxygens (including phenoxy) is 1. The molecule has 3 aliphatic carbocycles. The first-order valence-corrected chi connectivity index (χ1v) is 12.7. The van der Waals surface area contributed by atoms with E-state index in [1.54, 1.807) is 0 Å². The number of allylic oxidation sites excluding steroid dienone is 2. The smallest absolute Gasteiger partial charge is 0.154 e. The van der Waals surface area contributed by atoms with Gasteiger partial charge in [0.25, 0.3) is 0 Å². The summed E-state index contributed by atoms with van der Waals surface area (Å²) in [6.45, 7) is 13.5. The van der Waals surface area contributed by atoms with E-state index in [-0.39, 0.29) is 22.9 Å². The van der Waals surface area contributed by atoms with Gasteiger partial charge in [-0.1, -0.05) is 32.4 Å². The van der Waals surface area contributed by atoms with Crippen LogP contribution in [0.4, 0.5) is 0 Å². The molecule has 3 fully saturated rings. The monoisotopic (exact) mass is 434 g/mol. The molecular formula is C27H46O4. The summed E-state index contributed by atoms with van der Waals surface area (Å²) >= 11 is 0. The van der Waals surface area contributed by atoms with Crippen LogP contribution in [0, 0.1) is 34.5 Å². The zero-order valence-electron chi connectivity index (χ0n) is 20.7. The van der Waals surface area contributed by atoms with E-state index in [1.165, 1.54) is 5.57 Å². The molecule has 3 N–H and O–H groups in total. The highest BCUT2D eigenvalue weighted by molar-refractivity contribution is 5.17. The third-order valence-electron chi connectivity index (χ3n) is 10.5. The van der Waals surface area contributed by atoms with Gasteiger partial charge in [0.05, 0.1) is 17.3 Å². The maximum Gasteiger partial charge on any atom is 0.154 e. The first kappa shape index (κ1) is 23.7. The summed E-state index contributed by atoms with van der Waals surface area (Å²) in [6, 6.07) is 0. The molecule has 1 aliphatic heterocycles. The van der Waals surface area contributed by atoms with E-state index >= 15 is 0 Å². The maximum atomic E-state index is 11.4. The third-order valence-corrected chi connectivity index (χ3v) is 10.5. The van der Waals surface area contributed by atoms with Gasteiger partial charge in [-0.05, 0) is 113 Å². The van der Waals surface area contributed by atoms with Crippen molar-refractivity contribution in [3.8, 4) is 0 Å². The lowest BCUT2D eigenvalue weighted by atomic mass is 9.54. The largest absolute Gasteiger partial charge is 0.390 e. The number of hydrogen-bond donors (Lipinski definition) is 3. The van der Waals surface area contributed by atoms with Crippen LogP contribution in [0.25, 0.3) is 0 Å². The Morgan fingerprint density at radius 3 is 2.29 bits per heavy atom.